The maximum absolute atomic E-state index is 10.6. The van der Waals surface area contributed by atoms with Crippen molar-refractivity contribution in [3.63, 3.8) is 0 Å². The van der Waals surface area contributed by atoms with Crippen LogP contribution in [0, 0.1) is 0 Å². The summed E-state index contributed by atoms with van der Waals surface area (Å²) in [6, 6.07) is 0. The van der Waals surface area contributed by atoms with E-state index in [1.807, 2.05) is 0 Å². The van der Waals surface area contributed by atoms with E-state index in [0.29, 0.717) is 0 Å². The highest BCUT2D eigenvalue weighted by Crippen LogP contribution is 2.20. The normalized spacial score (nSPS) is 18.2. The molecule has 0 spiro atoms. The fourth-order valence-corrected chi connectivity index (χ4v) is 2.28. The third-order valence-electron chi connectivity index (χ3n) is 3.53. The fourth-order valence-electron chi connectivity index (χ4n) is 2.28. The summed E-state index contributed by atoms with van der Waals surface area (Å²) < 4.78 is 4.77. The topological polar surface area (TPSA) is 29.6 Å². The summed E-state index contributed by atoms with van der Waals surface area (Å²) in [6.07, 6.45) is 15.9. The van der Waals surface area contributed by atoms with Crippen molar-refractivity contribution in [3.8, 4) is 0 Å². The molecule has 0 aromatic rings. The van der Waals surface area contributed by atoms with Gasteiger partial charge < -0.3 is 4.74 Å². The number of carbonyl (C=O) groups is 1. The van der Waals surface area contributed by atoms with Gasteiger partial charge in [0, 0.05) is 0 Å². The molecular formula is C15H28O2. The molecule has 1 saturated heterocycles. The van der Waals surface area contributed by atoms with Crippen LogP contribution in [0.3, 0.4) is 0 Å². The number of unbranched alkanes of at least 4 members (excludes halogenated alkanes) is 10. The minimum atomic E-state index is -0.0198. The molecule has 0 N–H and O–H groups in total. The maximum atomic E-state index is 10.6. The molecule has 100 valence electrons. The molecule has 1 unspecified atom stereocenters. The standard InChI is InChI=1S/C15H28O2/c1-2-3-4-5-6-7-8-9-10-11-12-13-14-15(16)17-14/h14H,2-13H2,1H3. The average molecular weight is 240 g/mol. The highest BCUT2D eigenvalue weighted by Gasteiger charge is 2.36. The summed E-state index contributed by atoms with van der Waals surface area (Å²) >= 11 is 0. The largest absolute Gasteiger partial charge is 0.448 e. The quantitative estimate of drug-likeness (QED) is 0.368. The van der Waals surface area contributed by atoms with E-state index < -0.39 is 0 Å². The van der Waals surface area contributed by atoms with Gasteiger partial charge in [-0.3, -0.25) is 0 Å². The Kier molecular flexibility index (Phi) is 8.12. The second-order valence-electron chi connectivity index (χ2n) is 5.25. The average Bonchev–Trinajstić information content (AvgIpc) is 3.02. The third-order valence-corrected chi connectivity index (χ3v) is 3.53. The van der Waals surface area contributed by atoms with Crippen LogP contribution in [0.4, 0.5) is 0 Å². The molecule has 0 aromatic carbocycles. The van der Waals surface area contributed by atoms with Crippen LogP contribution in [0.2, 0.25) is 0 Å². The summed E-state index contributed by atoms with van der Waals surface area (Å²) in [7, 11) is 0. The lowest BCUT2D eigenvalue weighted by Gasteiger charge is -2.01. The van der Waals surface area contributed by atoms with Crippen molar-refractivity contribution in [2.45, 2.75) is 90.1 Å². The van der Waals surface area contributed by atoms with Gasteiger partial charge in [0.1, 0.15) is 0 Å². The van der Waals surface area contributed by atoms with Gasteiger partial charge in [-0.2, -0.15) is 0 Å². The second-order valence-corrected chi connectivity index (χ2v) is 5.25. The molecule has 2 nitrogen and oxygen atoms in total. The van der Waals surface area contributed by atoms with Crippen LogP contribution < -0.4 is 0 Å². The Bertz CT molecular complexity index is 201. The van der Waals surface area contributed by atoms with Crippen LogP contribution in [0.1, 0.15) is 84.0 Å². The minimum Gasteiger partial charge on any atom is -0.448 e. The molecule has 0 saturated carbocycles. The number of cyclic esters (lactones) is 1. The van der Waals surface area contributed by atoms with Gasteiger partial charge in [0.05, 0.1) is 0 Å². The third kappa shape index (κ3) is 8.23. The highest BCUT2D eigenvalue weighted by molar-refractivity contribution is 5.87. The molecule has 0 aromatic heterocycles. The van der Waals surface area contributed by atoms with E-state index in [1.165, 1.54) is 64.2 Å². The van der Waals surface area contributed by atoms with Gasteiger partial charge in [0.25, 0.3) is 0 Å². The van der Waals surface area contributed by atoms with E-state index in [1.54, 1.807) is 0 Å². The molecule has 1 atom stereocenters. The van der Waals surface area contributed by atoms with Crippen LogP contribution in [0.25, 0.3) is 0 Å². The van der Waals surface area contributed by atoms with Gasteiger partial charge in [0.2, 0.25) is 0 Å². The van der Waals surface area contributed by atoms with Crippen molar-refractivity contribution in [1.29, 1.82) is 0 Å². The molecule has 0 radical (unpaired) electrons. The molecule has 1 fully saturated rings. The molecule has 0 amide bonds. The molecule has 1 aliphatic rings. The Morgan fingerprint density at radius 2 is 1.24 bits per heavy atom. The Hall–Kier alpha value is -0.530. The Morgan fingerprint density at radius 3 is 1.65 bits per heavy atom. The first-order valence-corrected chi connectivity index (χ1v) is 7.55. The molecule has 2 heteroatoms. The number of rotatable bonds is 12. The van der Waals surface area contributed by atoms with E-state index in [9.17, 15) is 4.79 Å². The van der Waals surface area contributed by atoms with Crippen molar-refractivity contribution >= 4 is 5.97 Å². The molecule has 1 aliphatic heterocycles. The lowest BCUT2D eigenvalue weighted by atomic mass is 10.0. The summed E-state index contributed by atoms with van der Waals surface area (Å²) in [6.45, 7) is 2.26. The van der Waals surface area contributed by atoms with Gasteiger partial charge in [-0.15, -0.1) is 0 Å². The van der Waals surface area contributed by atoms with Gasteiger partial charge in [0.15, 0.2) is 6.10 Å². The maximum Gasteiger partial charge on any atom is 0.348 e. The fraction of sp³-hybridized carbons (Fsp3) is 0.933. The Balaban J connectivity index is 1.65. The van der Waals surface area contributed by atoms with Crippen LogP contribution in [0.5, 0.6) is 0 Å². The molecule has 1 heterocycles. The number of carbonyl (C=O) groups excluding carboxylic acids is 1. The molecular weight excluding hydrogens is 212 g/mol. The predicted molar refractivity (Wildman–Crippen MR) is 71.0 cm³/mol. The molecule has 1 rings (SSSR count). The highest BCUT2D eigenvalue weighted by atomic mass is 16.6. The summed E-state index contributed by atoms with van der Waals surface area (Å²) in [4.78, 5) is 10.6. The van der Waals surface area contributed by atoms with Crippen molar-refractivity contribution < 1.29 is 9.53 Å². The van der Waals surface area contributed by atoms with Crippen molar-refractivity contribution in [3.05, 3.63) is 0 Å². The Morgan fingerprint density at radius 1 is 0.824 bits per heavy atom. The Labute approximate surface area is 106 Å². The lowest BCUT2D eigenvalue weighted by Crippen LogP contribution is -1.88. The van der Waals surface area contributed by atoms with E-state index >= 15 is 0 Å². The van der Waals surface area contributed by atoms with Crippen LogP contribution in [-0.4, -0.2) is 12.1 Å². The van der Waals surface area contributed by atoms with Gasteiger partial charge in [-0.1, -0.05) is 71.1 Å². The molecule has 0 aliphatic carbocycles. The number of epoxide rings is 1. The monoisotopic (exact) mass is 240 g/mol. The van der Waals surface area contributed by atoms with Crippen LogP contribution in [0.15, 0.2) is 0 Å². The van der Waals surface area contributed by atoms with E-state index in [4.69, 9.17) is 4.74 Å². The van der Waals surface area contributed by atoms with Crippen molar-refractivity contribution in [1.82, 2.24) is 0 Å². The summed E-state index contributed by atoms with van der Waals surface area (Å²) in [5, 5.41) is 0. The SMILES string of the molecule is CCCCCCCCCCCCCC1OC1=O. The zero-order valence-electron chi connectivity index (χ0n) is 11.4. The van der Waals surface area contributed by atoms with Crippen LogP contribution in [-0.2, 0) is 9.53 Å². The summed E-state index contributed by atoms with van der Waals surface area (Å²) in [5.41, 5.74) is 0. The van der Waals surface area contributed by atoms with Gasteiger partial charge in [-0.25, -0.2) is 4.79 Å². The molecule has 0 bridgehead atoms. The van der Waals surface area contributed by atoms with Crippen molar-refractivity contribution in [2.24, 2.45) is 0 Å². The van der Waals surface area contributed by atoms with E-state index in [-0.39, 0.29) is 12.1 Å². The summed E-state index contributed by atoms with van der Waals surface area (Å²) in [5.74, 6) is 0.0112. The zero-order valence-corrected chi connectivity index (χ0v) is 11.4. The number of hydrogen-bond acceptors (Lipinski definition) is 2. The number of hydrogen-bond donors (Lipinski definition) is 0. The first-order valence-electron chi connectivity index (χ1n) is 7.55. The van der Waals surface area contributed by atoms with Gasteiger partial charge >= 0.3 is 5.97 Å². The molecule has 17 heavy (non-hydrogen) atoms. The lowest BCUT2D eigenvalue weighted by molar-refractivity contribution is -0.117. The predicted octanol–water partition coefficient (Wildman–Crippen LogP) is 4.61. The zero-order chi connectivity index (χ0) is 12.3. The van der Waals surface area contributed by atoms with Crippen molar-refractivity contribution in [2.75, 3.05) is 0 Å². The smallest absolute Gasteiger partial charge is 0.348 e. The first kappa shape index (κ1) is 14.5. The van der Waals surface area contributed by atoms with E-state index in [0.717, 1.165) is 12.8 Å². The first-order chi connectivity index (χ1) is 8.34. The van der Waals surface area contributed by atoms with Gasteiger partial charge in [-0.05, 0) is 12.8 Å². The number of ether oxygens (including phenoxy) is 1. The second kappa shape index (κ2) is 9.49. The van der Waals surface area contributed by atoms with E-state index in [2.05, 4.69) is 6.92 Å². The minimum absolute atomic E-state index is 0.0112. The van der Waals surface area contributed by atoms with Crippen LogP contribution >= 0.6 is 0 Å².